The maximum atomic E-state index is 11.9. The van der Waals surface area contributed by atoms with E-state index in [2.05, 4.69) is 10.7 Å². The van der Waals surface area contributed by atoms with Crippen LogP contribution in [0.25, 0.3) is 0 Å². The lowest BCUT2D eigenvalue weighted by atomic mass is 10.1. The van der Waals surface area contributed by atoms with Crippen molar-refractivity contribution in [1.29, 1.82) is 0 Å². The third-order valence-electron chi connectivity index (χ3n) is 2.94. The van der Waals surface area contributed by atoms with Gasteiger partial charge in [-0.2, -0.15) is 0 Å². The zero-order chi connectivity index (χ0) is 14.5. The molecule has 0 radical (unpaired) electrons. The second-order valence-electron chi connectivity index (χ2n) is 4.33. The largest absolute Gasteiger partial charge is 0.358 e. The Hall–Kier alpha value is -2.47. The van der Waals surface area contributed by atoms with E-state index in [1.165, 1.54) is 19.2 Å². The molecule has 0 aromatic heterocycles. The van der Waals surface area contributed by atoms with Crippen molar-refractivity contribution in [1.82, 2.24) is 15.8 Å². The van der Waals surface area contributed by atoms with Gasteiger partial charge in [0.2, 0.25) is 5.91 Å². The Kier molecular flexibility index (Phi) is 4.27. The first-order valence-electron chi connectivity index (χ1n) is 6.19. The van der Waals surface area contributed by atoms with Crippen LogP contribution in [0.15, 0.2) is 42.5 Å². The lowest BCUT2D eigenvalue weighted by molar-refractivity contribution is -0.142. The smallest absolute Gasteiger partial charge is 0.268 e. The van der Waals surface area contributed by atoms with Gasteiger partial charge < -0.3 is 5.32 Å². The van der Waals surface area contributed by atoms with Crippen LogP contribution < -0.4 is 10.7 Å². The Balaban J connectivity index is 2.10. The molecule has 6 nitrogen and oxygen atoms in total. The number of nitrogens with zero attached hydrogens (tertiary/aromatic N) is 1. The van der Waals surface area contributed by atoms with Crippen LogP contribution >= 0.6 is 0 Å². The molecule has 0 spiro atoms. The van der Waals surface area contributed by atoms with Gasteiger partial charge in [0, 0.05) is 19.2 Å². The summed E-state index contributed by atoms with van der Waals surface area (Å²) in [6.45, 7) is 0. The van der Waals surface area contributed by atoms with Gasteiger partial charge in [0.05, 0.1) is 0 Å². The van der Waals surface area contributed by atoms with Crippen molar-refractivity contribution in [3.05, 3.63) is 48.0 Å². The molecule has 1 aliphatic heterocycles. The van der Waals surface area contributed by atoms with Crippen molar-refractivity contribution >= 4 is 17.7 Å². The van der Waals surface area contributed by atoms with E-state index in [0.29, 0.717) is 6.42 Å². The number of imide groups is 1. The molecule has 0 fully saturated rings. The summed E-state index contributed by atoms with van der Waals surface area (Å²) in [6, 6.07) is 8.67. The van der Waals surface area contributed by atoms with E-state index in [0.717, 1.165) is 10.6 Å². The molecule has 0 saturated carbocycles. The molecular weight excluding hydrogens is 258 g/mol. The van der Waals surface area contributed by atoms with Crippen molar-refractivity contribution in [3.63, 3.8) is 0 Å². The molecule has 1 atom stereocenters. The zero-order valence-corrected chi connectivity index (χ0v) is 11.0. The maximum Gasteiger partial charge on any atom is 0.268 e. The van der Waals surface area contributed by atoms with Crippen molar-refractivity contribution in [2.75, 3.05) is 7.05 Å². The quantitative estimate of drug-likeness (QED) is 0.727. The van der Waals surface area contributed by atoms with Crippen LogP contribution in [0.5, 0.6) is 0 Å². The molecule has 2 rings (SSSR count). The summed E-state index contributed by atoms with van der Waals surface area (Å²) in [6.07, 6.45) is 2.70. The van der Waals surface area contributed by atoms with E-state index < -0.39 is 17.9 Å². The fraction of sp³-hybridized carbons (Fsp3) is 0.214. The average Bonchev–Trinajstić information content (AvgIpc) is 2.78. The summed E-state index contributed by atoms with van der Waals surface area (Å²) in [4.78, 5) is 34.9. The minimum atomic E-state index is -0.699. The van der Waals surface area contributed by atoms with Crippen molar-refractivity contribution in [2.24, 2.45) is 0 Å². The Bertz CT molecular complexity index is 536. The number of carbonyl (C=O) groups is 3. The first-order chi connectivity index (χ1) is 9.61. The molecule has 20 heavy (non-hydrogen) atoms. The van der Waals surface area contributed by atoms with Crippen LogP contribution in [0.2, 0.25) is 0 Å². The molecule has 0 bridgehead atoms. The predicted molar refractivity (Wildman–Crippen MR) is 72.1 cm³/mol. The van der Waals surface area contributed by atoms with Crippen LogP contribution in [0, 0.1) is 0 Å². The number of hydrogen-bond donors (Lipinski definition) is 2. The van der Waals surface area contributed by atoms with E-state index in [9.17, 15) is 14.4 Å². The van der Waals surface area contributed by atoms with Crippen LogP contribution in [0.1, 0.15) is 5.56 Å². The van der Waals surface area contributed by atoms with E-state index in [4.69, 9.17) is 0 Å². The van der Waals surface area contributed by atoms with Gasteiger partial charge in [-0.1, -0.05) is 30.3 Å². The van der Waals surface area contributed by atoms with Gasteiger partial charge in [0.1, 0.15) is 6.04 Å². The molecule has 0 aliphatic carbocycles. The molecule has 1 aliphatic rings. The number of amides is 3. The fourth-order valence-corrected chi connectivity index (χ4v) is 1.90. The minimum absolute atomic E-state index is 0.290. The van der Waals surface area contributed by atoms with Crippen LogP contribution in [0.4, 0.5) is 0 Å². The predicted octanol–water partition coefficient (Wildman–Crippen LogP) is -0.227. The molecule has 1 aromatic carbocycles. The Morgan fingerprint density at radius 2 is 1.75 bits per heavy atom. The van der Waals surface area contributed by atoms with Crippen molar-refractivity contribution in [2.45, 2.75) is 12.5 Å². The normalized spacial score (nSPS) is 15.6. The van der Waals surface area contributed by atoms with E-state index >= 15 is 0 Å². The van der Waals surface area contributed by atoms with Crippen molar-refractivity contribution < 1.29 is 14.4 Å². The third kappa shape index (κ3) is 3.10. The van der Waals surface area contributed by atoms with Crippen LogP contribution in [-0.4, -0.2) is 35.8 Å². The number of carbonyl (C=O) groups excluding carboxylic acids is 3. The second-order valence-corrected chi connectivity index (χ2v) is 4.33. The lowest BCUT2D eigenvalue weighted by Gasteiger charge is -2.23. The molecule has 0 unspecified atom stereocenters. The highest BCUT2D eigenvalue weighted by atomic mass is 16.2. The van der Waals surface area contributed by atoms with Gasteiger partial charge in [-0.25, -0.2) is 10.4 Å². The molecule has 0 saturated heterocycles. The number of rotatable bonds is 5. The standard InChI is InChI=1S/C14H15N3O3/c1-15-14(20)11(9-10-5-3-2-4-6-10)16-17-12(18)7-8-13(17)19/h2-8,11,16H,9H2,1H3,(H,15,20)/t11-/m0/s1. The van der Waals surface area contributed by atoms with Crippen LogP contribution in [0.3, 0.4) is 0 Å². The van der Waals surface area contributed by atoms with Crippen molar-refractivity contribution in [3.8, 4) is 0 Å². The molecule has 2 N–H and O–H groups in total. The topological polar surface area (TPSA) is 78.5 Å². The first kappa shape index (κ1) is 14.0. The molecule has 104 valence electrons. The number of hydrogen-bond acceptors (Lipinski definition) is 4. The third-order valence-corrected chi connectivity index (χ3v) is 2.94. The van der Waals surface area contributed by atoms with Gasteiger partial charge in [-0.3, -0.25) is 14.4 Å². The summed E-state index contributed by atoms with van der Waals surface area (Å²) in [5, 5.41) is 3.37. The van der Waals surface area contributed by atoms with E-state index in [1.54, 1.807) is 0 Å². The SMILES string of the molecule is CNC(=O)[C@H](Cc1ccccc1)NN1C(=O)C=CC1=O. The van der Waals surface area contributed by atoms with Gasteiger partial charge in [0.15, 0.2) is 0 Å². The fourth-order valence-electron chi connectivity index (χ4n) is 1.90. The zero-order valence-electron chi connectivity index (χ0n) is 11.0. The number of nitrogens with one attached hydrogen (secondary N) is 2. The van der Waals surface area contributed by atoms with E-state index in [1.807, 2.05) is 30.3 Å². The monoisotopic (exact) mass is 273 g/mol. The second kappa shape index (κ2) is 6.12. The highest BCUT2D eigenvalue weighted by Crippen LogP contribution is 2.06. The number of likely N-dealkylation sites (N-methyl/N-ethyl adjacent to an activating group) is 1. The summed E-state index contributed by atoms with van der Waals surface area (Å²) >= 11 is 0. The van der Waals surface area contributed by atoms with E-state index in [-0.39, 0.29) is 5.91 Å². The molecule has 6 heteroatoms. The Labute approximate surface area is 116 Å². The summed E-state index contributed by atoms with van der Waals surface area (Å²) in [5.41, 5.74) is 3.61. The molecule has 3 amide bonds. The van der Waals surface area contributed by atoms with Gasteiger partial charge >= 0.3 is 0 Å². The van der Waals surface area contributed by atoms with Gasteiger partial charge in [0.25, 0.3) is 11.8 Å². The number of benzene rings is 1. The highest BCUT2D eigenvalue weighted by Gasteiger charge is 2.29. The summed E-state index contributed by atoms with van der Waals surface area (Å²) < 4.78 is 0. The van der Waals surface area contributed by atoms with Gasteiger partial charge in [-0.15, -0.1) is 0 Å². The Morgan fingerprint density at radius 1 is 1.15 bits per heavy atom. The first-order valence-corrected chi connectivity index (χ1v) is 6.19. The average molecular weight is 273 g/mol. The van der Waals surface area contributed by atoms with Gasteiger partial charge in [-0.05, 0) is 12.0 Å². The summed E-state index contributed by atoms with van der Waals surface area (Å²) in [7, 11) is 1.51. The highest BCUT2D eigenvalue weighted by molar-refractivity contribution is 6.12. The Morgan fingerprint density at radius 3 is 2.30 bits per heavy atom. The maximum absolute atomic E-state index is 11.9. The molecule has 1 aromatic rings. The lowest BCUT2D eigenvalue weighted by Crippen LogP contribution is -2.54. The summed E-state index contributed by atoms with van der Waals surface area (Å²) in [5.74, 6) is -1.24. The molecule has 1 heterocycles. The minimum Gasteiger partial charge on any atom is -0.358 e. The molecular formula is C14H15N3O3. The number of hydrazine groups is 1. The van der Waals surface area contributed by atoms with Crippen LogP contribution in [-0.2, 0) is 20.8 Å².